The van der Waals surface area contributed by atoms with Crippen molar-refractivity contribution >= 4 is 28.9 Å². The van der Waals surface area contributed by atoms with Crippen LogP contribution in [-0.4, -0.2) is 33.7 Å². The summed E-state index contributed by atoms with van der Waals surface area (Å²) in [6.07, 6.45) is 0.777. The molecule has 2 aromatic heterocycles. The number of pyridine rings is 2. The summed E-state index contributed by atoms with van der Waals surface area (Å²) in [6, 6.07) is 20.9. The summed E-state index contributed by atoms with van der Waals surface area (Å²) in [5.74, 6) is -1.40. The Balaban J connectivity index is 1.38. The van der Waals surface area contributed by atoms with E-state index in [1.165, 1.54) is 6.07 Å². The highest BCUT2D eigenvalue weighted by molar-refractivity contribution is 6.00. The Kier molecular flexibility index (Phi) is 4.55. The van der Waals surface area contributed by atoms with Crippen molar-refractivity contribution in [2.45, 2.75) is 5.92 Å². The van der Waals surface area contributed by atoms with Gasteiger partial charge in [0.2, 0.25) is 0 Å². The van der Waals surface area contributed by atoms with Crippen molar-refractivity contribution < 1.29 is 19.4 Å². The molecule has 0 atom stereocenters. The first-order chi connectivity index (χ1) is 15.1. The van der Waals surface area contributed by atoms with Crippen molar-refractivity contribution in [2.24, 2.45) is 0 Å². The fourth-order valence-corrected chi connectivity index (χ4v) is 3.99. The molecule has 31 heavy (non-hydrogen) atoms. The molecule has 0 aliphatic heterocycles. The minimum atomic E-state index is -1.20. The van der Waals surface area contributed by atoms with Crippen LogP contribution in [0.1, 0.15) is 27.4 Å². The highest BCUT2D eigenvalue weighted by Crippen LogP contribution is 2.44. The fourth-order valence-electron chi connectivity index (χ4n) is 3.99. The lowest BCUT2D eigenvalue weighted by atomic mass is 9.98. The Hall–Kier alpha value is -4.26. The minimum absolute atomic E-state index is 0.0941. The van der Waals surface area contributed by atoms with Gasteiger partial charge in [-0.2, -0.15) is 0 Å². The van der Waals surface area contributed by atoms with Gasteiger partial charge in [-0.3, -0.25) is 5.32 Å². The number of hydrogen-bond acceptors (Lipinski definition) is 5. The number of nitrogens with one attached hydrogen (secondary N) is 1. The fraction of sp³-hybridized carbons (Fsp3) is 0.0833. The minimum Gasteiger partial charge on any atom is -0.478 e. The summed E-state index contributed by atoms with van der Waals surface area (Å²) in [6.45, 7) is 0.119. The maximum Gasteiger partial charge on any atom is 0.412 e. The Bertz CT molecular complexity index is 1290. The Morgan fingerprint density at radius 3 is 2.32 bits per heavy atom. The third-order valence-electron chi connectivity index (χ3n) is 5.38. The topological polar surface area (TPSA) is 101 Å². The van der Waals surface area contributed by atoms with Crippen molar-refractivity contribution in [1.82, 2.24) is 9.97 Å². The van der Waals surface area contributed by atoms with Gasteiger partial charge in [0.1, 0.15) is 12.2 Å². The second kappa shape index (κ2) is 7.53. The second-order valence-corrected chi connectivity index (χ2v) is 7.19. The SMILES string of the molecule is O=C(Nc1nc2ncccc2cc1C(=O)O)OCC1c2ccccc2-c2ccccc21. The van der Waals surface area contributed by atoms with Gasteiger partial charge < -0.3 is 9.84 Å². The van der Waals surface area contributed by atoms with Crippen LogP contribution in [0.3, 0.4) is 0 Å². The standard InChI is InChI=1S/C24H17N3O4/c28-23(29)19-12-14-6-5-11-25-21(14)26-22(19)27-24(30)31-13-20-17-9-3-1-7-15(17)16-8-2-4-10-18(16)20/h1-12,20H,13H2,(H,28,29)(H,25,26,27,30). The first kappa shape index (κ1) is 18.7. The second-order valence-electron chi connectivity index (χ2n) is 7.19. The molecule has 7 nitrogen and oxygen atoms in total. The highest BCUT2D eigenvalue weighted by Gasteiger charge is 2.29. The number of fused-ring (bicyclic) bond motifs is 4. The van der Waals surface area contributed by atoms with Crippen LogP contribution in [0.25, 0.3) is 22.2 Å². The summed E-state index contributed by atoms with van der Waals surface area (Å²) < 4.78 is 5.49. The molecule has 0 saturated heterocycles. The zero-order valence-electron chi connectivity index (χ0n) is 16.3. The number of hydrogen-bond donors (Lipinski definition) is 2. The van der Waals surface area contributed by atoms with E-state index >= 15 is 0 Å². The summed E-state index contributed by atoms with van der Waals surface area (Å²) in [7, 11) is 0. The monoisotopic (exact) mass is 411 g/mol. The molecule has 1 aliphatic carbocycles. The summed E-state index contributed by atoms with van der Waals surface area (Å²) >= 11 is 0. The van der Waals surface area contributed by atoms with Crippen LogP contribution in [0, 0.1) is 0 Å². The predicted octanol–water partition coefficient (Wildman–Crippen LogP) is 4.69. The van der Waals surface area contributed by atoms with E-state index in [2.05, 4.69) is 27.4 Å². The van der Waals surface area contributed by atoms with Gasteiger partial charge in [-0.05, 0) is 40.5 Å². The van der Waals surface area contributed by atoms with E-state index in [1.807, 2.05) is 36.4 Å². The van der Waals surface area contributed by atoms with Gasteiger partial charge in [-0.25, -0.2) is 19.6 Å². The zero-order chi connectivity index (χ0) is 21.4. The number of benzene rings is 2. The Morgan fingerprint density at radius 2 is 1.65 bits per heavy atom. The van der Waals surface area contributed by atoms with Crippen LogP contribution < -0.4 is 5.32 Å². The molecule has 0 saturated carbocycles. The summed E-state index contributed by atoms with van der Waals surface area (Å²) in [5.41, 5.74) is 4.65. The molecule has 2 heterocycles. The molecule has 1 amide bonds. The van der Waals surface area contributed by atoms with E-state index in [4.69, 9.17) is 4.74 Å². The predicted molar refractivity (Wildman–Crippen MR) is 115 cm³/mol. The molecule has 2 N–H and O–H groups in total. The van der Waals surface area contributed by atoms with Crippen molar-refractivity contribution in [3.63, 3.8) is 0 Å². The molecule has 0 unspecified atom stereocenters. The smallest absolute Gasteiger partial charge is 0.412 e. The van der Waals surface area contributed by atoms with Gasteiger partial charge >= 0.3 is 12.1 Å². The summed E-state index contributed by atoms with van der Waals surface area (Å²) in [4.78, 5) is 32.5. The van der Waals surface area contributed by atoms with E-state index in [1.54, 1.807) is 18.3 Å². The molecule has 1 aliphatic rings. The van der Waals surface area contributed by atoms with E-state index in [9.17, 15) is 14.7 Å². The van der Waals surface area contributed by atoms with Crippen LogP contribution in [0.2, 0.25) is 0 Å². The largest absolute Gasteiger partial charge is 0.478 e. The molecule has 152 valence electrons. The molecule has 7 heteroatoms. The Morgan fingerprint density at radius 1 is 0.968 bits per heavy atom. The van der Waals surface area contributed by atoms with Crippen LogP contribution in [-0.2, 0) is 4.74 Å². The van der Waals surface area contributed by atoms with Crippen LogP contribution in [0.5, 0.6) is 0 Å². The van der Waals surface area contributed by atoms with E-state index in [0.717, 1.165) is 22.3 Å². The number of aromatic carboxylic acids is 1. The zero-order valence-corrected chi connectivity index (χ0v) is 16.3. The molecular weight excluding hydrogens is 394 g/mol. The quantitative estimate of drug-likeness (QED) is 0.505. The number of carbonyl (C=O) groups excluding carboxylic acids is 1. The highest BCUT2D eigenvalue weighted by atomic mass is 16.5. The first-order valence-corrected chi connectivity index (χ1v) is 9.73. The van der Waals surface area contributed by atoms with E-state index in [0.29, 0.717) is 11.0 Å². The molecule has 0 bridgehead atoms. The van der Waals surface area contributed by atoms with Gasteiger partial charge in [0, 0.05) is 17.5 Å². The van der Waals surface area contributed by atoms with Gasteiger partial charge in [0.15, 0.2) is 11.5 Å². The number of carboxylic acids is 1. The third-order valence-corrected chi connectivity index (χ3v) is 5.38. The number of ether oxygens (including phenoxy) is 1. The van der Waals surface area contributed by atoms with Crippen LogP contribution >= 0.6 is 0 Å². The van der Waals surface area contributed by atoms with Gasteiger partial charge in [0.05, 0.1) is 0 Å². The van der Waals surface area contributed by atoms with Crippen LogP contribution in [0.4, 0.5) is 10.6 Å². The van der Waals surface area contributed by atoms with Crippen molar-refractivity contribution in [2.75, 3.05) is 11.9 Å². The lowest BCUT2D eigenvalue weighted by Crippen LogP contribution is -2.20. The lowest BCUT2D eigenvalue weighted by Gasteiger charge is -2.15. The third kappa shape index (κ3) is 3.36. The van der Waals surface area contributed by atoms with Gasteiger partial charge in [0.25, 0.3) is 0 Å². The van der Waals surface area contributed by atoms with Crippen LogP contribution in [0.15, 0.2) is 72.9 Å². The number of amides is 1. The van der Waals surface area contributed by atoms with Gasteiger partial charge in [-0.1, -0.05) is 48.5 Å². The number of carboxylic acid groups (broad SMARTS) is 1. The molecule has 0 radical (unpaired) electrons. The van der Waals surface area contributed by atoms with Crippen molar-refractivity contribution in [3.8, 4) is 11.1 Å². The lowest BCUT2D eigenvalue weighted by molar-refractivity contribution is 0.0698. The van der Waals surface area contributed by atoms with Gasteiger partial charge in [-0.15, -0.1) is 0 Å². The normalized spacial score (nSPS) is 12.3. The average Bonchev–Trinajstić information content (AvgIpc) is 3.11. The maximum absolute atomic E-state index is 12.5. The van der Waals surface area contributed by atoms with Crippen molar-refractivity contribution in [1.29, 1.82) is 0 Å². The number of carbonyl (C=O) groups is 2. The number of rotatable bonds is 4. The molecule has 5 rings (SSSR count). The van der Waals surface area contributed by atoms with Crippen molar-refractivity contribution in [3.05, 3.63) is 89.6 Å². The maximum atomic E-state index is 12.5. The average molecular weight is 411 g/mol. The molecular formula is C24H17N3O4. The van der Waals surface area contributed by atoms with E-state index in [-0.39, 0.29) is 23.9 Å². The number of nitrogens with zero attached hydrogens (tertiary/aromatic N) is 2. The Labute approximate surface area is 177 Å². The molecule has 0 fully saturated rings. The molecule has 2 aromatic carbocycles. The van der Waals surface area contributed by atoms with E-state index < -0.39 is 12.1 Å². The first-order valence-electron chi connectivity index (χ1n) is 9.73. The molecule has 0 spiro atoms. The number of anilines is 1. The number of aromatic nitrogens is 2. The summed E-state index contributed by atoms with van der Waals surface area (Å²) in [5, 5.41) is 12.5. The molecule has 4 aromatic rings.